The highest BCUT2D eigenvalue weighted by molar-refractivity contribution is 6.04. The molecule has 5 aliphatic carbocycles. The van der Waals surface area contributed by atoms with Gasteiger partial charge < -0.3 is 9.47 Å². The van der Waals surface area contributed by atoms with Crippen LogP contribution in [0.5, 0.6) is 0 Å². The fourth-order valence-corrected chi connectivity index (χ4v) is 6.80. The van der Waals surface area contributed by atoms with E-state index in [-0.39, 0.29) is 23.8 Å². The normalized spacial score (nSPS) is 49.0. The Hall–Kier alpha value is -1.58. The Kier molecular flexibility index (Phi) is 2.37. The van der Waals surface area contributed by atoms with Crippen molar-refractivity contribution >= 4 is 11.9 Å². The van der Waals surface area contributed by atoms with Crippen LogP contribution in [0.2, 0.25) is 0 Å². The second-order valence-corrected chi connectivity index (χ2v) is 7.53. The van der Waals surface area contributed by atoms with Crippen LogP contribution < -0.4 is 0 Å². The molecule has 0 heterocycles. The lowest BCUT2D eigenvalue weighted by Gasteiger charge is -2.48. The highest BCUT2D eigenvalue weighted by Gasteiger charge is 2.70. The molecule has 22 heavy (non-hydrogen) atoms. The number of carbonyl (C=O) groups is 2. The molecule has 116 valence electrons. The first-order valence-corrected chi connectivity index (χ1v) is 8.26. The Labute approximate surface area is 129 Å². The number of hydrogen-bond acceptors (Lipinski definition) is 4. The van der Waals surface area contributed by atoms with Gasteiger partial charge in [-0.3, -0.25) is 0 Å². The monoisotopic (exact) mass is 300 g/mol. The summed E-state index contributed by atoms with van der Waals surface area (Å²) >= 11 is 0. The van der Waals surface area contributed by atoms with Crippen molar-refractivity contribution in [3.05, 3.63) is 23.3 Å². The summed E-state index contributed by atoms with van der Waals surface area (Å²) in [6.45, 7) is 0. The van der Waals surface area contributed by atoms with E-state index in [0.29, 0.717) is 34.8 Å². The minimum absolute atomic E-state index is 0.237. The van der Waals surface area contributed by atoms with Crippen molar-refractivity contribution in [1.29, 1.82) is 0 Å². The number of fused-ring (bicyclic) bond motifs is 12. The molecule has 3 saturated carbocycles. The molecule has 8 atom stereocenters. The first kappa shape index (κ1) is 12.9. The quantitative estimate of drug-likeness (QED) is 0.444. The Morgan fingerprint density at radius 3 is 1.73 bits per heavy atom. The molecule has 0 aromatic heterocycles. The zero-order valence-corrected chi connectivity index (χ0v) is 12.8. The third-order valence-corrected chi connectivity index (χ3v) is 7.19. The van der Waals surface area contributed by atoms with Crippen molar-refractivity contribution in [1.82, 2.24) is 0 Å². The van der Waals surface area contributed by atoms with Crippen LogP contribution in [0.4, 0.5) is 0 Å². The van der Waals surface area contributed by atoms with Crippen molar-refractivity contribution < 1.29 is 19.1 Å². The number of ether oxygens (including phenoxy) is 2. The summed E-state index contributed by atoms with van der Waals surface area (Å²) in [6, 6.07) is 0. The highest BCUT2D eigenvalue weighted by atomic mass is 16.5. The predicted octanol–water partition coefficient (Wildman–Crippen LogP) is 1.96. The Morgan fingerprint density at radius 1 is 0.864 bits per heavy atom. The molecule has 5 rings (SSSR count). The lowest BCUT2D eigenvalue weighted by Crippen LogP contribution is -2.48. The third-order valence-electron chi connectivity index (χ3n) is 7.19. The molecule has 0 aliphatic heterocycles. The van der Waals surface area contributed by atoms with Crippen LogP contribution in [-0.2, 0) is 19.1 Å². The van der Waals surface area contributed by atoms with Crippen LogP contribution in [0.25, 0.3) is 0 Å². The van der Waals surface area contributed by atoms with Gasteiger partial charge in [0.2, 0.25) is 0 Å². The van der Waals surface area contributed by atoms with Crippen LogP contribution in [-0.4, -0.2) is 26.2 Å². The van der Waals surface area contributed by atoms with Gasteiger partial charge in [-0.1, -0.05) is 12.2 Å². The molecule has 4 nitrogen and oxygen atoms in total. The van der Waals surface area contributed by atoms with Gasteiger partial charge in [-0.2, -0.15) is 0 Å². The minimum atomic E-state index is -0.329. The van der Waals surface area contributed by atoms with Gasteiger partial charge in [-0.05, 0) is 48.3 Å². The molecule has 0 aromatic rings. The van der Waals surface area contributed by atoms with Gasteiger partial charge in [0.05, 0.1) is 25.4 Å². The van der Waals surface area contributed by atoms with Crippen LogP contribution >= 0.6 is 0 Å². The second-order valence-electron chi connectivity index (χ2n) is 7.53. The fourth-order valence-electron chi connectivity index (χ4n) is 6.80. The zero-order chi connectivity index (χ0) is 15.2. The average molecular weight is 300 g/mol. The molecule has 0 saturated heterocycles. The van der Waals surface area contributed by atoms with Gasteiger partial charge >= 0.3 is 11.9 Å². The lowest BCUT2D eigenvalue weighted by atomic mass is 9.54. The molecule has 4 heteroatoms. The summed E-state index contributed by atoms with van der Waals surface area (Å²) in [4.78, 5) is 24.4. The van der Waals surface area contributed by atoms with E-state index in [2.05, 4.69) is 12.2 Å². The molecule has 8 unspecified atom stereocenters. The molecule has 0 N–H and O–H groups in total. The summed E-state index contributed by atoms with van der Waals surface area (Å²) < 4.78 is 9.90. The Bertz CT molecular complexity index is 593. The fraction of sp³-hybridized carbons (Fsp3) is 0.667. The van der Waals surface area contributed by atoms with E-state index < -0.39 is 0 Å². The van der Waals surface area contributed by atoms with Crippen molar-refractivity contribution in [2.45, 2.75) is 12.8 Å². The molecule has 3 fully saturated rings. The Balaban J connectivity index is 1.57. The second kappa shape index (κ2) is 4.03. The van der Waals surface area contributed by atoms with Crippen LogP contribution in [0, 0.1) is 47.3 Å². The van der Waals surface area contributed by atoms with Gasteiger partial charge in [0, 0.05) is 11.8 Å². The lowest BCUT2D eigenvalue weighted by molar-refractivity contribution is -0.143. The first-order valence-electron chi connectivity index (χ1n) is 8.26. The van der Waals surface area contributed by atoms with Crippen molar-refractivity contribution in [3.8, 4) is 0 Å². The van der Waals surface area contributed by atoms with E-state index in [0.717, 1.165) is 11.8 Å². The topological polar surface area (TPSA) is 52.6 Å². The zero-order valence-electron chi connectivity index (χ0n) is 12.8. The first-order chi connectivity index (χ1) is 10.7. The van der Waals surface area contributed by atoms with Gasteiger partial charge in [-0.15, -0.1) is 0 Å². The SMILES string of the molecule is COC(=O)C1=C(C(=O)OC)C2C3CC(C12)C1C2C=CC(C2)C31. The number of methoxy groups -OCH3 is 2. The minimum Gasteiger partial charge on any atom is -0.466 e. The summed E-state index contributed by atoms with van der Waals surface area (Å²) in [5.74, 6) is 3.78. The summed E-state index contributed by atoms with van der Waals surface area (Å²) in [7, 11) is 2.79. The molecule has 0 amide bonds. The van der Waals surface area contributed by atoms with E-state index in [1.54, 1.807) is 0 Å². The molecular formula is C18H20O4. The maximum atomic E-state index is 12.2. The van der Waals surface area contributed by atoms with Gasteiger partial charge in [0.15, 0.2) is 0 Å². The van der Waals surface area contributed by atoms with Crippen LogP contribution in [0.1, 0.15) is 12.8 Å². The molecule has 0 aromatic carbocycles. The van der Waals surface area contributed by atoms with Gasteiger partial charge in [-0.25, -0.2) is 9.59 Å². The standard InChI is InChI=1S/C18H20O4/c1-21-17(19)15-13-9-6-10(14(13)16(15)18(20)22-2)12-8-4-3-7(5-8)11(9)12/h3-4,7-14H,5-6H2,1-2H3. The maximum Gasteiger partial charge on any atom is 0.334 e. The van der Waals surface area contributed by atoms with E-state index in [4.69, 9.17) is 9.47 Å². The molecule has 4 bridgehead atoms. The van der Waals surface area contributed by atoms with Crippen LogP contribution in [0.15, 0.2) is 23.3 Å². The number of esters is 2. The maximum absolute atomic E-state index is 12.2. The summed E-state index contributed by atoms with van der Waals surface area (Å²) in [5.41, 5.74) is 1.24. The number of allylic oxidation sites excluding steroid dienone is 2. The van der Waals surface area contributed by atoms with E-state index in [1.807, 2.05) is 0 Å². The Morgan fingerprint density at radius 2 is 1.32 bits per heavy atom. The highest BCUT2D eigenvalue weighted by Crippen LogP contribution is 2.74. The van der Waals surface area contributed by atoms with E-state index >= 15 is 0 Å². The summed E-state index contributed by atoms with van der Waals surface area (Å²) in [6.07, 6.45) is 7.23. The predicted molar refractivity (Wildman–Crippen MR) is 77.4 cm³/mol. The van der Waals surface area contributed by atoms with Crippen LogP contribution in [0.3, 0.4) is 0 Å². The molecule has 0 radical (unpaired) electrons. The average Bonchev–Trinajstić information content (AvgIpc) is 3.23. The summed E-state index contributed by atoms with van der Waals surface area (Å²) in [5, 5.41) is 0. The van der Waals surface area contributed by atoms with Crippen molar-refractivity contribution in [3.63, 3.8) is 0 Å². The largest absolute Gasteiger partial charge is 0.466 e. The third kappa shape index (κ3) is 1.23. The molecule has 5 aliphatic rings. The number of hydrogen-bond donors (Lipinski definition) is 0. The van der Waals surface area contributed by atoms with Crippen molar-refractivity contribution in [2.24, 2.45) is 47.3 Å². The van der Waals surface area contributed by atoms with E-state index in [9.17, 15) is 9.59 Å². The van der Waals surface area contributed by atoms with Gasteiger partial charge in [0.25, 0.3) is 0 Å². The molecule has 0 spiro atoms. The van der Waals surface area contributed by atoms with Gasteiger partial charge in [0.1, 0.15) is 0 Å². The molecular weight excluding hydrogens is 280 g/mol. The smallest absolute Gasteiger partial charge is 0.334 e. The van der Waals surface area contributed by atoms with Crippen molar-refractivity contribution in [2.75, 3.05) is 14.2 Å². The van der Waals surface area contributed by atoms with E-state index in [1.165, 1.54) is 27.1 Å². The number of carbonyl (C=O) groups excluding carboxylic acids is 2. The number of rotatable bonds is 2.